The highest BCUT2D eigenvalue weighted by Gasteiger charge is 2.31. The Morgan fingerprint density at radius 2 is 1.71 bits per heavy atom. The van der Waals surface area contributed by atoms with E-state index in [9.17, 15) is 13.2 Å². The van der Waals surface area contributed by atoms with Crippen molar-refractivity contribution in [3.63, 3.8) is 0 Å². The Labute approximate surface area is 165 Å². The van der Waals surface area contributed by atoms with Crippen molar-refractivity contribution in [1.82, 2.24) is 9.97 Å². The fourth-order valence-corrected chi connectivity index (χ4v) is 3.52. The van der Waals surface area contributed by atoms with Crippen LogP contribution in [0.25, 0.3) is 10.9 Å². The minimum absolute atomic E-state index is 0.320. The summed E-state index contributed by atoms with van der Waals surface area (Å²) in [7, 11) is -3.55. The monoisotopic (exact) mass is 397 g/mol. The molecule has 3 rings (SSSR count). The lowest BCUT2D eigenvalue weighted by molar-refractivity contribution is 0.102. The summed E-state index contributed by atoms with van der Waals surface area (Å²) < 4.78 is 23.7. The number of rotatable bonds is 5. The lowest BCUT2D eigenvalue weighted by atomic mass is 10.1. The van der Waals surface area contributed by atoms with E-state index in [-0.39, 0.29) is 0 Å². The first-order valence-electron chi connectivity index (χ1n) is 8.91. The Balaban J connectivity index is 1.90. The van der Waals surface area contributed by atoms with Crippen molar-refractivity contribution >= 4 is 38.0 Å². The van der Waals surface area contributed by atoms with Gasteiger partial charge in [0.25, 0.3) is 0 Å². The summed E-state index contributed by atoms with van der Waals surface area (Å²) >= 11 is 0. The van der Waals surface area contributed by atoms with Gasteiger partial charge in [0, 0.05) is 16.6 Å². The van der Waals surface area contributed by atoms with E-state index in [1.54, 1.807) is 39.0 Å². The number of fused-ring (bicyclic) bond motifs is 1. The second-order valence-electron chi connectivity index (χ2n) is 7.74. The number of nitrogens with zero attached hydrogens (tertiary/aromatic N) is 2. The Morgan fingerprint density at radius 3 is 2.36 bits per heavy atom. The third kappa shape index (κ3) is 4.20. The van der Waals surface area contributed by atoms with Gasteiger partial charge in [0.15, 0.2) is 15.6 Å². The van der Waals surface area contributed by atoms with Crippen LogP contribution < -0.4 is 5.32 Å². The van der Waals surface area contributed by atoms with Gasteiger partial charge in [-0.2, -0.15) is 0 Å². The number of hydrogen-bond donors (Lipinski definition) is 1. The Morgan fingerprint density at radius 1 is 1.04 bits per heavy atom. The Bertz CT molecular complexity index is 1130. The first kappa shape index (κ1) is 19.9. The van der Waals surface area contributed by atoms with Crippen molar-refractivity contribution in [2.45, 2.75) is 32.4 Å². The second kappa shape index (κ2) is 7.31. The molecular weight excluding hydrogens is 374 g/mol. The van der Waals surface area contributed by atoms with Crippen LogP contribution in [-0.4, -0.2) is 34.7 Å². The predicted molar refractivity (Wildman–Crippen MR) is 112 cm³/mol. The van der Waals surface area contributed by atoms with E-state index < -0.39 is 26.1 Å². The lowest BCUT2D eigenvalue weighted by Crippen LogP contribution is -2.33. The molecule has 7 heteroatoms. The number of ketones is 1. The smallest absolute Gasteiger partial charge is 0.177 e. The maximum atomic E-state index is 12.5. The zero-order valence-corrected chi connectivity index (χ0v) is 17.2. The first-order chi connectivity index (χ1) is 13.1. The van der Waals surface area contributed by atoms with Crippen LogP contribution in [0.15, 0.2) is 48.8 Å². The van der Waals surface area contributed by atoms with Crippen LogP contribution in [0.1, 0.15) is 36.7 Å². The molecule has 0 aliphatic heterocycles. The number of aromatic nitrogens is 2. The van der Waals surface area contributed by atoms with E-state index in [1.165, 1.54) is 6.33 Å². The molecule has 0 fully saturated rings. The van der Waals surface area contributed by atoms with Gasteiger partial charge < -0.3 is 5.32 Å². The zero-order valence-electron chi connectivity index (χ0n) is 16.4. The molecule has 1 heterocycles. The van der Waals surface area contributed by atoms with Gasteiger partial charge in [0.05, 0.1) is 10.3 Å². The molecule has 3 aromatic rings. The molecule has 0 saturated carbocycles. The van der Waals surface area contributed by atoms with Gasteiger partial charge in [-0.3, -0.25) is 4.79 Å². The summed E-state index contributed by atoms with van der Waals surface area (Å²) in [4.78, 5) is 21.0. The molecule has 146 valence electrons. The minimum Gasteiger partial charge on any atom is -0.340 e. The van der Waals surface area contributed by atoms with Gasteiger partial charge in [0.2, 0.25) is 0 Å². The fraction of sp³-hybridized carbons (Fsp3) is 0.286. The number of sulfone groups is 1. The minimum atomic E-state index is -3.55. The first-order valence-corrected chi connectivity index (χ1v) is 10.6. The number of carbonyl (C=O) groups excluding carboxylic acids is 1. The van der Waals surface area contributed by atoms with Crippen molar-refractivity contribution in [2.24, 2.45) is 0 Å². The van der Waals surface area contributed by atoms with E-state index in [0.29, 0.717) is 16.9 Å². The second-order valence-corrected chi connectivity index (χ2v) is 10.5. The maximum absolute atomic E-state index is 12.5. The SMILES string of the molecule is Cc1ccc(Nc2ncnc3cc(C(=O)CS(=O)(=O)C(C)(C)C)ccc23)cc1. The van der Waals surface area contributed by atoms with Gasteiger partial charge >= 0.3 is 0 Å². The molecule has 0 amide bonds. The van der Waals surface area contributed by atoms with E-state index in [4.69, 9.17) is 0 Å². The topological polar surface area (TPSA) is 89.0 Å². The van der Waals surface area contributed by atoms with Gasteiger partial charge in [-0.05, 0) is 52.0 Å². The standard InChI is InChI=1S/C21H23N3O3S/c1-14-5-8-16(9-6-14)24-20-17-10-7-15(11-18(17)22-13-23-20)19(25)12-28(26,27)21(2,3)4/h5-11,13H,12H2,1-4H3,(H,22,23,24). The number of carbonyl (C=O) groups is 1. The molecule has 0 radical (unpaired) electrons. The predicted octanol–water partition coefficient (Wildman–Crippen LogP) is 4.08. The molecular formula is C21H23N3O3S. The number of hydrogen-bond acceptors (Lipinski definition) is 6. The number of anilines is 2. The van der Waals surface area contributed by atoms with Gasteiger partial charge in [-0.25, -0.2) is 18.4 Å². The van der Waals surface area contributed by atoms with Crippen LogP contribution in [0.3, 0.4) is 0 Å². The molecule has 0 unspecified atom stereocenters. The summed E-state index contributed by atoms with van der Waals surface area (Å²) in [5, 5.41) is 4.00. The van der Waals surface area contributed by atoms with E-state index in [1.807, 2.05) is 31.2 Å². The normalized spacial score (nSPS) is 12.1. The van der Waals surface area contributed by atoms with Crippen molar-refractivity contribution in [1.29, 1.82) is 0 Å². The van der Waals surface area contributed by atoms with Crippen molar-refractivity contribution < 1.29 is 13.2 Å². The highest BCUT2D eigenvalue weighted by Crippen LogP contribution is 2.25. The summed E-state index contributed by atoms with van der Waals surface area (Å²) in [6.45, 7) is 6.78. The third-order valence-electron chi connectivity index (χ3n) is 4.53. The molecule has 0 atom stereocenters. The molecule has 0 bridgehead atoms. The number of nitrogens with one attached hydrogen (secondary N) is 1. The van der Waals surface area contributed by atoms with Crippen LogP contribution in [-0.2, 0) is 9.84 Å². The average Bonchev–Trinajstić information content (AvgIpc) is 2.62. The number of benzene rings is 2. The lowest BCUT2D eigenvalue weighted by Gasteiger charge is -2.18. The Kier molecular flexibility index (Phi) is 5.21. The molecule has 0 spiro atoms. The largest absolute Gasteiger partial charge is 0.340 e. The fourth-order valence-electron chi connectivity index (χ4n) is 2.58. The van der Waals surface area contributed by atoms with Crippen molar-refractivity contribution in [3.05, 3.63) is 59.9 Å². The summed E-state index contributed by atoms with van der Waals surface area (Å²) in [5.74, 6) is -0.347. The van der Waals surface area contributed by atoms with Crippen LogP contribution in [0, 0.1) is 6.92 Å². The van der Waals surface area contributed by atoms with E-state index in [0.717, 1.165) is 16.6 Å². The molecule has 1 aromatic heterocycles. The van der Waals surface area contributed by atoms with E-state index in [2.05, 4.69) is 15.3 Å². The molecule has 28 heavy (non-hydrogen) atoms. The van der Waals surface area contributed by atoms with E-state index >= 15 is 0 Å². The van der Waals surface area contributed by atoms with Gasteiger partial charge in [0.1, 0.15) is 17.9 Å². The Hall–Kier alpha value is -2.80. The summed E-state index contributed by atoms with van der Waals surface area (Å²) in [6.07, 6.45) is 1.42. The number of aryl methyl sites for hydroxylation is 1. The van der Waals surface area contributed by atoms with Crippen LogP contribution in [0.4, 0.5) is 11.5 Å². The quantitative estimate of drug-likeness (QED) is 0.653. The third-order valence-corrected chi connectivity index (χ3v) is 7.04. The average molecular weight is 398 g/mol. The number of Topliss-reactive ketones (excluding diaryl/α,β-unsaturated/α-hetero) is 1. The van der Waals surface area contributed by atoms with Crippen molar-refractivity contribution in [2.75, 3.05) is 11.1 Å². The zero-order chi connectivity index (χ0) is 20.5. The molecule has 6 nitrogen and oxygen atoms in total. The summed E-state index contributed by atoms with van der Waals surface area (Å²) in [6, 6.07) is 12.9. The van der Waals surface area contributed by atoms with Crippen LogP contribution in [0.2, 0.25) is 0 Å². The highest BCUT2D eigenvalue weighted by atomic mass is 32.2. The van der Waals surface area contributed by atoms with Gasteiger partial charge in [-0.1, -0.05) is 23.8 Å². The van der Waals surface area contributed by atoms with Gasteiger partial charge in [-0.15, -0.1) is 0 Å². The van der Waals surface area contributed by atoms with Crippen LogP contribution >= 0.6 is 0 Å². The highest BCUT2D eigenvalue weighted by molar-refractivity contribution is 7.93. The van der Waals surface area contributed by atoms with Crippen molar-refractivity contribution in [3.8, 4) is 0 Å². The molecule has 1 N–H and O–H groups in total. The maximum Gasteiger partial charge on any atom is 0.177 e. The van der Waals surface area contributed by atoms with Crippen LogP contribution in [0.5, 0.6) is 0 Å². The molecule has 2 aromatic carbocycles. The molecule has 0 saturated heterocycles. The molecule has 0 aliphatic rings. The molecule has 0 aliphatic carbocycles. The summed E-state index contributed by atoms with van der Waals surface area (Å²) in [5.41, 5.74) is 2.94.